The van der Waals surface area contributed by atoms with E-state index in [0.717, 1.165) is 11.3 Å². The number of anilines is 3. The van der Waals surface area contributed by atoms with Crippen molar-refractivity contribution in [1.82, 2.24) is 5.32 Å². The fourth-order valence-electron chi connectivity index (χ4n) is 8.17. The van der Waals surface area contributed by atoms with Gasteiger partial charge >= 0.3 is 0 Å². The Morgan fingerprint density at radius 1 is 0.640 bits per heavy atom. The van der Waals surface area contributed by atoms with Crippen LogP contribution in [0.3, 0.4) is 0 Å². The first-order chi connectivity index (χ1) is 24.7. The zero-order valence-electron chi connectivity index (χ0n) is 27.1. The molecule has 0 bridgehead atoms. The number of nitriles is 1. The molecule has 6 aromatic carbocycles. The highest BCUT2D eigenvalue weighted by Crippen LogP contribution is 2.50. The highest BCUT2D eigenvalue weighted by Gasteiger charge is 2.41. The first-order valence-corrected chi connectivity index (χ1v) is 17.9. The summed E-state index contributed by atoms with van der Waals surface area (Å²) >= 11 is 1.89. The molecule has 7 aromatic rings. The van der Waals surface area contributed by atoms with Crippen LogP contribution < -0.4 is 15.1 Å². The van der Waals surface area contributed by atoms with Gasteiger partial charge in [0.25, 0.3) is 0 Å². The van der Waals surface area contributed by atoms with Crippen molar-refractivity contribution in [1.29, 1.82) is 5.26 Å². The Kier molecular flexibility index (Phi) is 6.73. The smallest absolute Gasteiger partial charge is 0.109 e. The highest BCUT2D eigenvalue weighted by molar-refractivity contribution is 7.26. The molecule has 3 aliphatic rings. The van der Waals surface area contributed by atoms with E-state index in [1.165, 1.54) is 53.8 Å². The lowest BCUT2D eigenvalue weighted by molar-refractivity contribution is 0.276. The lowest BCUT2D eigenvalue weighted by Crippen LogP contribution is -2.57. The summed E-state index contributed by atoms with van der Waals surface area (Å²) in [6.45, 7) is 0. The molecule has 4 atom stereocenters. The fourth-order valence-corrected chi connectivity index (χ4v) is 9.41. The van der Waals surface area contributed by atoms with Crippen molar-refractivity contribution in [3.8, 4) is 17.2 Å². The SMILES string of the molecule is N#Cc1cccc(C2NC(c3ccccc3)N2c2ccc(N3c4ccc(-c5cccc6c5sc5ccccc56)cc4C4C=CC=CC43)cc2)c1. The molecule has 3 heterocycles. The number of nitrogens with zero attached hydrogens (tertiary/aromatic N) is 3. The second-order valence-corrected chi connectivity index (χ2v) is 14.3. The molecule has 5 heteroatoms. The molecule has 0 saturated carbocycles. The highest BCUT2D eigenvalue weighted by atomic mass is 32.1. The summed E-state index contributed by atoms with van der Waals surface area (Å²) in [6, 6.07) is 52.5. The molecule has 1 fully saturated rings. The maximum absolute atomic E-state index is 9.58. The predicted molar refractivity (Wildman–Crippen MR) is 207 cm³/mol. The van der Waals surface area contributed by atoms with Gasteiger partial charge < -0.3 is 9.80 Å². The second-order valence-electron chi connectivity index (χ2n) is 13.3. The molecule has 4 unspecified atom stereocenters. The molecule has 0 amide bonds. The summed E-state index contributed by atoms with van der Waals surface area (Å²) in [5.41, 5.74) is 10.5. The molecule has 10 rings (SSSR count). The van der Waals surface area contributed by atoms with Crippen molar-refractivity contribution in [2.45, 2.75) is 24.3 Å². The molecular formula is C45H32N4S. The van der Waals surface area contributed by atoms with Crippen LogP contribution in [0.1, 0.15) is 40.5 Å². The van der Waals surface area contributed by atoms with Crippen molar-refractivity contribution in [3.05, 3.63) is 186 Å². The summed E-state index contributed by atoms with van der Waals surface area (Å²) in [7, 11) is 0. The largest absolute Gasteiger partial charge is 0.333 e. The Bertz CT molecular complexity index is 2520. The molecule has 2 aliphatic heterocycles. The zero-order valence-corrected chi connectivity index (χ0v) is 28.0. The number of fused-ring (bicyclic) bond motifs is 6. The van der Waals surface area contributed by atoms with Gasteiger partial charge in [-0.15, -0.1) is 11.3 Å². The summed E-state index contributed by atoms with van der Waals surface area (Å²) in [5, 5.41) is 16.0. The van der Waals surface area contributed by atoms with Gasteiger partial charge in [0.05, 0.1) is 17.7 Å². The van der Waals surface area contributed by atoms with Crippen LogP contribution in [-0.4, -0.2) is 6.04 Å². The maximum Gasteiger partial charge on any atom is 0.109 e. The molecule has 0 radical (unpaired) electrons. The number of rotatable bonds is 5. The van der Waals surface area contributed by atoms with Crippen molar-refractivity contribution in [3.63, 3.8) is 0 Å². The topological polar surface area (TPSA) is 42.3 Å². The van der Waals surface area contributed by atoms with Gasteiger partial charge in [-0.3, -0.25) is 5.32 Å². The molecule has 238 valence electrons. The van der Waals surface area contributed by atoms with E-state index in [2.05, 4.69) is 167 Å². The molecule has 1 aromatic heterocycles. The average Bonchev–Trinajstić information content (AvgIpc) is 3.71. The monoisotopic (exact) mass is 660 g/mol. The quantitative estimate of drug-likeness (QED) is 0.200. The van der Waals surface area contributed by atoms with Crippen LogP contribution in [-0.2, 0) is 0 Å². The van der Waals surface area contributed by atoms with Gasteiger partial charge in [-0.25, -0.2) is 0 Å². The number of allylic oxidation sites excluding steroid dienone is 2. The number of hydrogen-bond acceptors (Lipinski definition) is 5. The third-order valence-corrected chi connectivity index (χ3v) is 11.7. The average molecular weight is 661 g/mol. The maximum atomic E-state index is 9.58. The lowest BCUT2D eigenvalue weighted by atomic mass is 9.89. The minimum atomic E-state index is -0.0357. The summed E-state index contributed by atoms with van der Waals surface area (Å²) < 4.78 is 2.68. The minimum absolute atomic E-state index is 0.0323. The van der Waals surface area contributed by atoms with E-state index in [-0.39, 0.29) is 24.3 Å². The molecule has 1 N–H and O–H groups in total. The van der Waals surface area contributed by atoms with E-state index in [0.29, 0.717) is 5.56 Å². The normalized spacial score (nSPS) is 20.5. The van der Waals surface area contributed by atoms with Crippen molar-refractivity contribution in [2.24, 2.45) is 0 Å². The molecule has 1 aliphatic carbocycles. The van der Waals surface area contributed by atoms with Crippen LogP contribution >= 0.6 is 11.3 Å². The van der Waals surface area contributed by atoms with E-state index in [1.54, 1.807) is 0 Å². The van der Waals surface area contributed by atoms with Crippen LogP contribution in [0.15, 0.2) is 164 Å². The van der Waals surface area contributed by atoms with Crippen molar-refractivity contribution < 1.29 is 0 Å². The van der Waals surface area contributed by atoms with Crippen molar-refractivity contribution in [2.75, 3.05) is 9.80 Å². The first kappa shape index (κ1) is 29.0. The zero-order chi connectivity index (χ0) is 33.2. The predicted octanol–water partition coefficient (Wildman–Crippen LogP) is 11.1. The third-order valence-electron chi connectivity index (χ3n) is 10.5. The number of nitrogens with one attached hydrogen (secondary N) is 1. The lowest BCUT2D eigenvalue weighted by Gasteiger charge is -2.52. The Morgan fingerprint density at radius 2 is 1.38 bits per heavy atom. The Balaban J connectivity index is 1.02. The van der Waals surface area contributed by atoms with Crippen LogP contribution in [0.25, 0.3) is 31.3 Å². The van der Waals surface area contributed by atoms with Crippen LogP contribution in [0.5, 0.6) is 0 Å². The number of benzene rings is 6. The van der Waals surface area contributed by atoms with Crippen LogP contribution in [0.4, 0.5) is 17.1 Å². The van der Waals surface area contributed by atoms with Gasteiger partial charge in [0.1, 0.15) is 12.3 Å². The standard InChI is InChI=1S/C45H32N4S/c46-28-29-10-8-13-32(26-29)45-47-44(30-11-2-1-3-12-30)49(45)34-23-21-33(22-24-34)48-40-18-6-4-14-36(40)39-27-31(20-25-41(39)48)35-16-9-17-38-37-15-5-7-19-42(37)50-43(35)38/h1-27,36,40,44-45,47H. The van der Waals surface area contributed by atoms with Gasteiger partial charge in [0.2, 0.25) is 0 Å². The van der Waals surface area contributed by atoms with E-state index in [9.17, 15) is 5.26 Å². The fraction of sp³-hybridized carbons (Fsp3) is 0.0889. The van der Waals surface area contributed by atoms with Crippen LogP contribution in [0.2, 0.25) is 0 Å². The van der Waals surface area contributed by atoms with Gasteiger partial charge in [0, 0.05) is 43.2 Å². The summed E-state index contributed by atoms with van der Waals surface area (Å²) in [4.78, 5) is 4.92. The van der Waals surface area contributed by atoms with Gasteiger partial charge in [-0.2, -0.15) is 5.26 Å². The van der Waals surface area contributed by atoms with E-state index < -0.39 is 0 Å². The minimum Gasteiger partial charge on any atom is -0.333 e. The van der Waals surface area contributed by atoms with E-state index >= 15 is 0 Å². The third kappa shape index (κ3) is 4.54. The molecule has 4 nitrogen and oxygen atoms in total. The molecular weight excluding hydrogens is 629 g/mol. The Labute approximate surface area is 295 Å². The Morgan fingerprint density at radius 3 is 2.26 bits per heavy atom. The van der Waals surface area contributed by atoms with E-state index in [1.807, 2.05) is 29.5 Å². The Hall–Kier alpha value is -5.93. The van der Waals surface area contributed by atoms with Gasteiger partial charge in [0.15, 0.2) is 0 Å². The second kappa shape index (κ2) is 11.6. The summed E-state index contributed by atoms with van der Waals surface area (Å²) in [5.74, 6) is 0.273. The summed E-state index contributed by atoms with van der Waals surface area (Å²) in [6.07, 6.45) is 9.07. The molecule has 50 heavy (non-hydrogen) atoms. The van der Waals surface area contributed by atoms with Gasteiger partial charge in [-0.05, 0) is 82.4 Å². The van der Waals surface area contributed by atoms with Crippen LogP contribution in [0, 0.1) is 11.3 Å². The number of thiophene rings is 1. The molecule has 1 saturated heterocycles. The van der Waals surface area contributed by atoms with E-state index in [4.69, 9.17) is 0 Å². The van der Waals surface area contributed by atoms with Crippen molar-refractivity contribution >= 4 is 48.6 Å². The van der Waals surface area contributed by atoms with Gasteiger partial charge in [-0.1, -0.05) is 109 Å². The molecule has 0 spiro atoms. The number of hydrogen-bond donors (Lipinski definition) is 1. The first-order valence-electron chi connectivity index (χ1n) is 17.1.